The Morgan fingerprint density at radius 1 is 1.00 bits per heavy atom. The van der Waals surface area contributed by atoms with Crippen LogP contribution in [0.15, 0.2) is 54.6 Å². The summed E-state index contributed by atoms with van der Waals surface area (Å²) in [6.07, 6.45) is 4.81. The van der Waals surface area contributed by atoms with Crippen molar-refractivity contribution in [2.45, 2.75) is 38.0 Å². The minimum atomic E-state index is 0.0298. The molecule has 1 aliphatic rings. The van der Waals surface area contributed by atoms with E-state index >= 15 is 0 Å². The van der Waals surface area contributed by atoms with Gasteiger partial charge in [-0.25, -0.2) is 0 Å². The normalized spacial score (nSPS) is 16.4. The third-order valence-corrected chi connectivity index (χ3v) is 4.85. The van der Waals surface area contributed by atoms with E-state index in [1.165, 1.54) is 24.0 Å². The molecule has 2 aromatic carbocycles. The van der Waals surface area contributed by atoms with Crippen molar-refractivity contribution in [2.75, 3.05) is 6.54 Å². The third-order valence-electron chi connectivity index (χ3n) is 4.85. The van der Waals surface area contributed by atoms with E-state index in [0.29, 0.717) is 0 Å². The van der Waals surface area contributed by atoms with E-state index in [9.17, 15) is 4.79 Å². The number of nitrogens with one attached hydrogen (secondary N) is 1. The predicted octanol–water partition coefficient (Wildman–Crippen LogP) is 4.24. The van der Waals surface area contributed by atoms with Gasteiger partial charge in [-0.05, 0) is 37.5 Å². The zero-order chi connectivity index (χ0) is 15.4. The van der Waals surface area contributed by atoms with Crippen molar-refractivity contribution in [3.8, 4) is 0 Å². The lowest BCUT2D eigenvalue weighted by atomic mass is 9.79. The first kappa shape index (κ1) is 14.8. The van der Waals surface area contributed by atoms with Gasteiger partial charge in [0, 0.05) is 17.5 Å². The highest BCUT2D eigenvalue weighted by Gasteiger charge is 2.35. The van der Waals surface area contributed by atoms with Crippen LogP contribution in [-0.2, 0) is 5.41 Å². The fourth-order valence-electron chi connectivity index (χ4n) is 3.47. The summed E-state index contributed by atoms with van der Waals surface area (Å²) in [5, 5.41) is 3.16. The van der Waals surface area contributed by atoms with Crippen molar-refractivity contribution in [1.29, 1.82) is 0 Å². The monoisotopic (exact) mass is 293 g/mol. The van der Waals surface area contributed by atoms with Crippen LogP contribution in [0.3, 0.4) is 0 Å². The highest BCUT2D eigenvalue weighted by Crippen LogP contribution is 2.40. The molecule has 0 radical (unpaired) electrons. The highest BCUT2D eigenvalue weighted by molar-refractivity contribution is 5.94. The molecule has 3 rings (SSSR count). The summed E-state index contributed by atoms with van der Waals surface area (Å²) in [5.74, 6) is 0.0298. The van der Waals surface area contributed by atoms with Crippen LogP contribution in [0.2, 0.25) is 0 Å². The van der Waals surface area contributed by atoms with Crippen molar-refractivity contribution < 1.29 is 4.79 Å². The molecule has 2 aromatic rings. The summed E-state index contributed by atoms with van der Waals surface area (Å²) in [7, 11) is 0. The summed E-state index contributed by atoms with van der Waals surface area (Å²) < 4.78 is 0. The van der Waals surface area contributed by atoms with Crippen molar-refractivity contribution in [2.24, 2.45) is 0 Å². The standard InChI is InChI=1S/C20H23NO/c1-16-9-11-17(12-10-16)19(22)21-15-20(13-5-6-14-20)18-7-3-2-4-8-18/h2-4,7-12H,5-6,13-15H2,1H3,(H,21,22). The smallest absolute Gasteiger partial charge is 0.251 e. The third kappa shape index (κ3) is 3.06. The second-order valence-electron chi connectivity index (χ2n) is 6.40. The van der Waals surface area contributed by atoms with Gasteiger partial charge in [0.15, 0.2) is 0 Å². The Kier molecular flexibility index (Phi) is 4.28. The van der Waals surface area contributed by atoms with E-state index in [1.807, 2.05) is 31.2 Å². The SMILES string of the molecule is Cc1ccc(C(=O)NCC2(c3ccccc3)CCCC2)cc1. The quantitative estimate of drug-likeness (QED) is 0.897. The maximum atomic E-state index is 12.4. The van der Waals surface area contributed by atoms with E-state index in [-0.39, 0.29) is 11.3 Å². The van der Waals surface area contributed by atoms with Crippen LogP contribution in [0.25, 0.3) is 0 Å². The molecule has 0 heterocycles. The first-order valence-corrected chi connectivity index (χ1v) is 8.10. The van der Waals surface area contributed by atoms with Gasteiger partial charge in [0.05, 0.1) is 0 Å². The molecule has 22 heavy (non-hydrogen) atoms. The van der Waals surface area contributed by atoms with Crippen LogP contribution >= 0.6 is 0 Å². The molecule has 1 fully saturated rings. The Labute approximate surface area is 132 Å². The zero-order valence-electron chi connectivity index (χ0n) is 13.1. The molecule has 0 bridgehead atoms. The van der Waals surface area contributed by atoms with Gasteiger partial charge in [-0.1, -0.05) is 60.9 Å². The molecule has 114 valence electrons. The van der Waals surface area contributed by atoms with Crippen LogP contribution in [0.4, 0.5) is 0 Å². The summed E-state index contributed by atoms with van der Waals surface area (Å²) in [5.41, 5.74) is 3.39. The van der Waals surface area contributed by atoms with E-state index in [1.54, 1.807) is 0 Å². The van der Waals surface area contributed by atoms with E-state index in [2.05, 4.69) is 35.6 Å². The number of carbonyl (C=O) groups excluding carboxylic acids is 1. The minimum absolute atomic E-state index is 0.0298. The van der Waals surface area contributed by atoms with Crippen molar-refractivity contribution in [1.82, 2.24) is 5.32 Å². The zero-order valence-corrected chi connectivity index (χ0v) is 13.1. The number of aryl methyl sites for hydroxylation is 1. The Morgan fingerprint density at radius 3 is 2.27 bits per heavy atom. The largest absolute Gasteiger partial charge is 0.351 e. The molecule has 0 saturated heterocycles. The Balaban J connectivity index is 1.73. The Bertz CT molecular complexity index is 625. The van der Waals surface area contributed by atoms with Gasteiger partial charge in [0.25, 0.3) is 5.91 Å². The second kappa shape index (κ2) is 6.35. The van der Waals surface area contributed by atoms with Gasteiger partial charge >= 0.3 is 0 Å². The average Bonchev–Trinajstić information content (AvgIpc) is 3.04. The summed E-state index contributed by atoms with van der Waals surface area (Å²) in [6, 6.07) is 18.4. The number of carbonyl (C=O) groups is 1. The molecule has 2 nitrogen and oxygen atoms in total. The van der Waals surface area contributed by atoms with Crippen LogP contribution in [0.1, 0.15) is 47.2 Å². The molecule has 0 unspecified atom stereocenters. The summed E-state index contributed by atoms with van der Waals surface area (Å²) in [6.45, 7) is 2.76. The van der Waals surface area contributed by atoms with E-state index < -0.39 is 0 Å². The van der Waals surface area contributed by atoms with E-state index in [0.717, 1.165) is 24.9 Å². The van der Waals surface area contributed by atoms with Crippen LogP contribution in [0, 0.1) is 6.92 Å². The molecule has 1 aliphatic carbocycles. The van der Waals surface area contributed by atoms with Crippen molar-refractivity contribution in [3.63, 3.8) is 0 Å². The lowest BCUT2D eigenvalue weighted by molar-refractivity contribution is 0.0943. The van der Waals surface area contributed by atoms with Crippen LogP contribution < -0.4 is 5.32 Å². The molecule has 0 atom stereocenters. The minimum Gasteiger partial charge on any atom is -0.351 e. The summed E-state index contributed by atoms with van der Waals surface area (Å²) in [4.78, 5) is 12.4. The molecule has 1 amide bonds. The van der Waals surface area contributed by atoms with Gasteiger partial charge in [-0.3, -0.25) is 4.79 Å². The van der Waals surface area contributed by atoms with Crippen molar-refractivity contribution in [3.05, 3.63) is 71.3 Å². The van der Waals surface area contributed by atoms with Gasteiger partial charge in [-0.2, -0.15) is 0 Å². The fraction of sp³-hybridized carbons (Fsp3) is 0.350. The lowest BCUT2D eigenvalue weighted by Gasteiger charge is -2.30. The highest BCUT2D eigenvalue weighted by atomic mass is 16.1. The number of benzene rings is 2. The van der Waals surface area contributed by atoms with Gasteiger partial charge in [-0.15, -0.1) is 0 Å². The molecule has 2 heteroatoms. The van der Waals surface area contributed by atoms with Gasteiger partial charge in [0.2, 0.25) is 0 Å². The fourth-order valence-corrected chi connectivity index (χ4v) is 3.47. The summed E-state index contributed by atoms with van der Waals surface area (Å²) >= 11 is 0. The maximum Gasteiger partial charge on any atom is 0.251 e. The maximum absolute atomic E-state index is 12.4. The molecule has 1 saturated carbocycles. The first-order chi connectivity index (χ1) is 10.7. The average molecular weight is 293 g/mol. The second-order valence-corrected chi connectivity index (χ2v) is 6.40. The first-order valence-electron chi connectivity index (χ1n) is 8.10. The number of rotatable bonds is 4. The van der Waals surface area contributed by atoms with Crippen LogP contribution in [-0.4, -0.2) is 12.5 Å². The molecule has 0 aliphatic heterocycles. The van der Waals surface area contributed by atoms with Gasteiger partial charge in [0.1, 0.15) is 0 Å². The number of hydrogen-bond acceptors (Lipinski definition) is 1. The number of hydrogen-bond donors (Lipinski definition) is 1. The predicted molar refractivity (Wildman–Crippen MR) is 90.1 cm³/mol. The van der Waals surface area contributed by atoms with E-state index in [4.69, 9.17) is 0 Å². The topological polar surface area (TPSA) is 29.1 Å². The van der Waals surface area contributed by atoms with Crippen LogP contribution in [0.5, 0.6) is 0 Å². The number of amides is 1. The Hall–Kier alpha value is -2.09. The van der Waals surface area contributed by atoms with Gasteiger partial charge < -0.3 is 5.32 Å². The molecule has 0 aromatic heterocycles. The van der Waals surface area contributed by atoms with Crippen molar-refractivity contribution >= 4 is 5.91 Å². The molecule has 0 spiro atoms. The molecular weight excluding hydrogens is 270 g/mol. The Morgan fingerprint density at radius 2 is 1.64 bits per heavy atom. The molecule has 1 N–H and O–H groups in total. The molecular formula is C20H23NO. The lowest BCUT2D eigenvalue weighted by Crippen LogP contribution is -2.39.